The van der Waals surface area contributed by atoms with Crippen molar-refractivity contribution in [3.8, 4) is 0 Å². The van der Waals surface area contributed by atoms with E-state index in [0.29, 0.717) is 6.04 Å². The van der Waals surface area contributed by atoms with Crippen molar-refractivity contribution in [2.45, 2.75) is 50.9 Å². The molecular weight excluding hydrogens is 290 g/mol. The third kappa shape index (κ3) is 2.43. The molecule has 23 heavy (non-hydrogen) atoms. The number of imide groups is 1. The first-order chi connectivity index (χ1) is 11.1. The standard InChI is InChI=1S/C18H23N3O2/c1-13-10-15(12-19(13)11-14-6-3-2-4-7-14)21-17(22)16-8-5-9-20(16)18(21)23/h2-4,6-7,13,15-16H,5,8-12H2,1H3/t13?,15?,16-/m1/s1. The highest BCUT2D eigenvalue weighted by Gasteiger charge is 2.51. The summed E-state index contributed by atoms with van der Waals surface area (Å²) in [5.74, 6) is 0.0336. The van der Waals surface area contributed by atoms with Gasteiger partial charge >= 0.3 is 6.03 Å². The minimum absolute atomic E-state index is 0.0271. The van der Waals surface area contributed by atoms with E-state index in [0.717, 1.165) is 38.9 Å². The molecule has 0 bridgehead atoms. The predicted octanol–water partition coefficient (Wildman–Crippen LogP) is 2.08. The van der Waals surface area contributed by atoms with E-state index in [4.69, 9.17) is 0 Å². The molecule has 1 aromatic rings. The molecule has 3 amide bonds. The average molecular weight is 313 g/mol. The summed E-state index contributed by atoms with van der Waals surface area (Å²) < 4.78 is 0. The van der Waals surface area contributed by atoms with Crippen LogP contribution in [0.2, 0.25) is 0 Å². The Morgan fingerprint density at radius 3 is 2.70 bits per heavy atom. The summed E-state index contributed by atoms with van der Waals surface area (Å²) in [6.45, 7) is 4.59. The first-order valence-corrected chi connectivity index (χ1v) is 8.57. The van der Waals surface area contributed by atoms with Gasteiger partial charge in [-0.1, -0.05) is 30.3 Å². The normalized spacial score (nSPS) is 31.3. The third-order valence-corrected chi connectivity index (χ3v) is 5.50. The number of likely N-dealkylation sites (tertiary alicyclic amines) is 1. The molecule has 3 fully saturated rings. The second kappa shape index (κ2) is 5.64. The Bertz CT molecular complexity index is 596. The van der Waals surface area contributed by atoms with Crippen LogP contribution < -0.4 is 0 Å². The van der Waals surface area contributed by atoms with Gasteiger partial charge in [0, 0.05) is 25.7 Å². The molecule has 3 heterocycles. The van der Waals surface area contributed by atoms with Crippen molar-refractivity contribution in [1.82, 2.24) is 14.7 Å². The Hall–Kier alpha value is -1.88. The van der Waals surface area contributed by atoms with E-state index >= 15 is 0 Å². The molecular formula is C18H23N3O2. The Morgan fingerprint density at radius 1 is 1.17 bits per heavy atom. The van der Waals surface area contributed by atoms with Crippen molar-refractivity contribution in [2.75, 3.05) is 13.1 Å². The van der Waals surface area contributed by atoms with E-state index in [1.54, 1.807) is 9.80 Å². The van der Waals surface area contributed by atoms with Crippen LogP contribution in [0.15, 0.2) is 30.3 Å². The van der Waals surface area contributed by atoms with Gasteiger partial charge in [-0.15, -0.1) is 0 Å². The second-order valence-electron chi connectivity index (χ2n) is 7.00. The fraction of sp³-hybridized carbons (Fsp3) is 0.556. The van der Waals surface area contributed by atoms with Gasteiger partial charge in [-0.05, 0) is 31.7 Å². The first-order valence-electron chi connectivity index (χ1n) is 8.57. The van der Waals surface area contributed by atoms with Crippen LogP contribution in [0.25, 0.3) is 0 Å². The molecule has 0 N–H and O–H groups in total. The molecule has 3 saturated heterocycles. The average Bonchev–Trinajstić information content (AvgIpc) is 3.21. The van der Waals surface area contributed by atoms with E-state index in [1.165, 1.54) is 5.56 Å². The predicted molar refractivity (Wildman–Crippen MR) is 86.7 cm³/mol. The van der Waals surface area contributed by atoms with Gasteiger partial charge in [0.15, 0.2) is 0 Å². The highest BCUT2D eigenvalue weighted by molar-refractivity contribution is 6.05. The van der Waals surface area contributed by atoms with E-state index in [2.05, 4.69) is 36.1 Å². The summed E-state index contributed by atoms with van der Waals surface area (Å²) >= 11 is 0. The molecule has 0 saturated carbocycles. The van der Waals surface area contributed by atoms with Crippen LogP contribution in [0.1, 0.15) is 31.7 Å². The van der Waals surface area contributed by atoms with E-state index in [9.17, 15) is 9.59 Å². The summed E-state index contributed by atoms with van der Waals surface area (Å²) in [6.07, 6.45) is 2.67. The van der Waals surface area contributed by atoms with Crippen molar-refractivity contribution in [3.05, 3.63) is 35.9 Å². The number of hydrogen-bond donors (Lipinski definition) is 0. The Morgan fingerprint density at radius 2 is 1.96 bits per heavy atom. The molecule has 4 rings (SSSR count). The maximum Gasteiger partial charge on any atom is 0.327 e. The van der Waals surface area contributed by atoms with Crippen LogP contribution in [-0.4, -0.2) is 57.9 Å². The number of amides is 3. The smallest absolute Gasteiger partial charge is 0.312 e. The Labute approximate surface area is 136 Å². The molecule has 5 nitrogen and oxygen atoms in total. The second-order valence-corrected chi connectivity index (χ2v) is 7.00. The van der Waals surface area contributed by atoms with Crippen LogP contribution in [0, 0.1) is 0 Å². The summed E-state index contributed by atoms with van der Waals surface area (Å²) in [6, 6.07) is 10.6. The van der Waals surface area contributed by atoms with Crippen LogP contribution in [0.3, 0.4) is 0 Å². The zero-order valence-corrected chi connectivity index (χ0v) is 13.5. The fourth-order valence-corrected chi connectivity index (χ4v) is 4.28. The zero-order valence-electron chi connectivity index (χ0n) is 13.5. The van der Waals surface area contributed by atoms with Gasteiger partial charge < -0.3 is 4.90 Å². The summed E-state index contributed by atoms with van der Waals surface area (Å²) in [5, 5.41) is 0. The van der Waals surface area contributed by atoms with Crippen LogP contribution in [0.5, 0.6) is 0 Å². The van der Waals surface area contributed by atoms with Crippen molar-refractivity contribution in [3.63, 3.8) is 0 Å². The molecule has 122 valence electrons. The third-order valence-electron chi connectivity index (χ3n) is 5.50. The van der Waals surface area contributed by atoms with Gasteiger partial charge in [0.2, 0.25) is 0 Å². The monoisotopic (exact) mass is 313 g/mol. The van der Waals surface area contributed by atoms with Gasteiger partial charge in [0.1, 0.15) is 6.04 Å². The van der Waals surface area contributed by atoms with Crippen LogP contribution >= 0.6 is 0 Å². The van der Waals surface area contributed by atoms with Gasteiger partial charge in [-0.25, -0.2) is 4.79 Å². The molecule has 3 atom stereocenters. The van der Waals surface area contributed by atoms with Gasteiger partial charge in [-0.2, -0.15) is 0 Å². The van der Waals surface area contributed by atoms with E-state index in [1.807, 2.05) is 6.07 Å². The van der Waals surface area contributed by atoms with Crippen molar-refractivity contribution in [1.29, 1.82) is 0 Å². The molecule has 3 aliphatic rings. The minimum Gasteiger partial charge on any atom is -0.312 e. The number of fused-ring (bicyclic) bond motifs is 1. The lowest BCUT2D eigenvalue weighted by Crippen LogP contribution is -2.43. The summed E-state index contributed by atoms with van der Waals surface area (Å²) in [5.41, 5.74) is 1.28. The van der Waals surface area contributed by atoms with E-state index < -0.39 is 0 Å². The van der Waals surface area contributed by atoms with E-state index in [-0.39, 0.29) is 24.0 Å². The SMILES string of the molecule is CC1CC(N2C(=O)[C@H]3CCCN3C2=O)CN1Cc1ccccc1. The fourth-order valence-electron chi connectivity index (χ4n) is 4.28. The highest BCUT2D eigenvalue weighted by Crippen LogP contribution is 2.33. The number of hydrogen-bond acceptors (Lipinski definition) is 3. The topological polar surface area (TPSA) is 43.9 Å². The number of nitrogens with zero attached hydrogens (tertiary/aromatic N) is 3. The molecule has 0 radical (unpaired) electrons. The van der Waals surface area contributed by atoms with Gasteiger partial charge in [0.25, 0.3) is 5.91 Å². The van der Waals surface area contributed by atoms with Crippen molar-refractivity contribution in [2.24, 2.45) is 0 Å². The quantitative estimate of drug-likeness (QED) is 0.803. The van der Waals surface area contributed by atoms with Crippen molar-refractivity contribution >= 4 is 11.9 Å². The summed E-state index contributed by atoms with van der Waals surface area (Å²) in [4.78, 5) is 30.9. The maximum atomic E-state index is 12.6. The number of carbonyl (C=O) groups excluding carboxylic acids is 2. The number of urea groups is 1. The highest BCUT2D eigenvalue weighted by atomic mass is 16.2. The van der Waals surface area contributed by atoms with Crippen LogP contribution in [-0.2, 0) is 11.3 Å². The first kappa shape index (κ1) is 14.7. The van der Waals surface area contributed by atoms with Crippen LogP contribution in [0.4, 0.5) is 4.79 Å². The molecule has 2 unspecified atom stereocenters. The number of carbonyl (C=O) groups is 2. The van der Waals surface area contributed by atoms with Gasteiger partial charge in [-0.3, -0.25) is 14.6 Å². The molecule has 1 aromatic carbocycles. The Kier molecular flexibility index (Phi) is 3.60. The van der Waals surface area contributed by atoms with Crippen molar-refractivity contribution < 1.29 is 9.59 Å². The Balaban J connectivity index is 1.47. The molecule has 3 aliphatic heterocycles. The van der Waals surface area contributed by atoms with Gasteiger partial charge in [0.05, 0.1) is 6.04 Å². The number of benzene rings is 1. The lowest BCUT2D eigenvalue weighted by molar-refractivity contribution is -0.129. The lowest BCUT2D eigenvalue weighted by atomic mass is 10.1. The molecule has 5 heteroatoms. The minimum atomic E-state index is -0.180. The molecule has 0 spiro atoms. The zero-order chi connectivity index (χ0) is 16.0. The largest absolute Gasteiger partial charge is 0.327 e. The molecule has 0 aromatic heterocycles. The summed E-state index contributed by atoms with van der Waals surface area (Å²) in [7, 11) is 0. The molecule has 0 aliphatic carbocycles. The maximum absolute atomic E-state index is 12.6. The lowest BCUT2D eigenvalue weighted by Gasteiger charge is -2.23. The number of rotatable bonds is 3.